The zero-order valence-electron chi connectivity index (χ0n) is 21.0. The molecule has 0 unspecified atom stereocenters. The predicted octanol–water partition coefficient (Wildman–Crippen LogP) is 6.89. The lowest BCUT2D eigenvalue weighted by molar-refractivity contribution is 0.112. The summed E-state index contributed by atoms with van der Waals surface area (Å²) in [6.45, 7) is 21.1. The van der Waals surface area contributed by atoms with E-state index in [1.165, 1.54) is 16.7 Å². The molecule has 0 saturated carbocycles. The monoisotopic (exact) mass is 443 g/mol. The molecule has 31 heavy (non-hydrogen) atoms. The SMILES string of the molecule is CC(C)(C)c1ccc(C=O)cc1.C[C@H](N[S@](=O)C(C)(C)C)c1ccc(C(C)(C)C)cc1. The van der Waals surface area contributed by atoms with E-state index in [2.05, 4.69) is 77.5 Å². The van der Waals surface area contributed by atoms with Gasteiger partial charge in [-0.2, -0.15) is 0 Å². The Morgan fingerprint density at radius 1 is 0.742 bits per heavy atom. The smallest absolute Gasteiger partial charge is 0.150 e. The quantitative estimate of drug-likeness (QED) is 0.523. The van der Waals surface area contributed by atoms with Gasteiger partial charge in [-0.05, 0) is 55.2 Å². The number of nitrogens with one attached hydrogen (secondary N) is 1. The van der Waals surface area contributed by atoms with Crippen molar-refractivity contribution in [1.29, 1.82) is 0 Å². The summed E-state index contributed by atoms with van der Waals surface area (Å²) in [6, 6.07) is 16.4. The van der Waals surface area contributed by atoms with Crippen LogP contribution >= 0.6 is 0 Å². The van der Waals surface area contributed by atoms with E-state index in [4.69, 9.17) is 0 Å². The Kier molecular flexibility index (Phi) is 9.40. The van der Waals surface area contributed by atoms with E-state index in [-0.39, 0.29) is 21.6 Å². The van der Waals surface area contributed by atoms with E-state index in [1.54, 1.807) is 0 Å². The third kappa shape index (κ3) is 9.08. The third-order valence-electron chi connectivity index (χ3n) is 5.03. The molecule has 0 heterocycles. The van der Waals surface area contributed by atoms with Gasteiger partial charge in [0, 0.05) is 11.6 Å². The molecule has 2 rings (SSSR count). The summed E-state index contributed by atoms with van der Waals surface area (Å²) in [6.07, 6.45) is 0.867. The lowest BCUT2D eigenvalue weighted by atomic mass is 9.86. The Bertz CT molecular complexity index is 849. The second kappa shape index (κ2) is 10.7. The molecule has 0 amide bonds. The molecule has 0 bridgehead atoms. The average molecular weight is 444 g/mol. The van der Waals surface area contributed by atoms with E-state index >= 15 is 0 Å². The van der Waals surface area contributed by atoms with Gasteiger partial charge in [0.1, 0.15) is 6.29 Å². The maximum Gasteiger partial charge on any atom is 0.150 e. The average Bonchev–Trinajstić information content (AvgIpc) is 2.66. The number of carbonyl (C=O) groups is 1. The number of benzene rings is 2. The molecule has 0 aromatic heterocycles. The Morgan fingerprint density at radius 2 is 1.13 bits per heavy atom. The van der Waals surface area contributed by atoms with Crippen LogP contribution in [0.2, 0.25) is 0 Å². The van der Waals surface area contributed by atoms with Crippen LogP contribution in [0.4, 0.5) is 0 Å². The third-order valence-corrected chi connectivity index (χ3v) is 6.71. The zero-order chi connectivity index (χ0) is 24.0. The van der Waals surface area contributed by atoms with E-state index < -0.39 is 11.0 Å². The Balaban J connectivity index is 0.000000343. The fourth-order valence-electron chi connectivity index (χ4n) is 2.74. The summed E-state index contributed by atoms with van der Waals surface area (Å²) >= 11 is 0. The molecule has 0 radical (unpaired) electrons. The van der Waals surface area contributed by atoms with Gasteiger partial charge in [-0.1, -0.05) is 90.1 Å². The lowest BCUT2D eigenvalue weighted by Crippen LogP contribution is -2.34. The molecule has 2 aromatic rings. The molecule has 0 aliphatic rings. The van der Waals surface area contributed by atoms with Crippen molar-refractivity contribution >= 4 is 17.3 Å². The summed E-state index contributed by atoms with van der Waals surface area (Å²) < 4.78 is 15.0. The van der Waals surface area contributed by atoms with Crippen LogP contribution in [0.5, 0.6) is 0 Å². The molecule has 2 aromatic carbocycles. The molecular formula is C27H41NO2S. The molecular weight excluding hydrogens is 402 g/mol. The Morgan fingerprint density at radius 3 is 1.45 bits per heavy atom. The van der Waals surface area contributed by atoms with Crippen molar-refractivity contribution in [3.63, 3.8) is 0 Å². The lowest BCUT2D eigenvalue weighted by Gasteiger charge is -2.23. The number of rotatable bonds is 4. The largest absolute Gasteiger partial charge is 0.298 e. The van der Waals surface area contributed by atoms with Gasteiger partial charge in [-0.3, -0.25) is 4.79 Å². The molecule has 172 valence electrons. The van der Waals surface area contributed by atoms with E-state index in [0.29, 0.717) is 0 Å². The molecule has 0 spiro atoms. The minimum absolute atomic E-state index is 0.0917. The summed E-state index contributed by atoms with van der Waals surface area (Å²) in [5.41, 5.74) is 4.83. The first-order valence-electron chi connectivity index (χ1n) is 10.9. The first kappa shape index (κ1) is 27.3. The maximum atomic E-state index is 12.1. The summed E-state index contributed by atoms with van der Waals surface area (Å²) in [5.74, 6) is 0. The van der Waals surface area contributed by atoms with Crippen molar-refractivity contribution in [2.45, 2.75) is 90.9 Å². The van der Waals surface area contributed by atoms with Gasteiger partial charge < -0.3 is 0 Å². The van der Waals surface area contributed by atoms with Crippen LogP contribution in [0.1, 0.15) is 102 Å². The van der Waals surface area contributed by atoms with Gasteiger partial charge in [-0.15, -0.1) is 0 Å². The normalized spacial score (nSPS) is 14.3. The molecule has 0 aliphatic carbocycles. The molecule has 3 nitrogen and oxygen atoms in total. The van der Waals surface area contributed by atoms with Crippen LogP contribution in [-0.2, 0) is 21.8 Å². The van der Waals surface area contributed by atoms with Gasteiger partial charge in [-0.25, -0.2) is 8.93 Å². The molecule has 0 saturated heterocycles. The van der Waals surface area contributed by atoms with Crippen molar-refractivity contribution in [3.8, 4) is 0 Å². The van der Waals surface area contributed by atoms with Crippen molar-refractivity contribution in [2.24, 2.45) is 0 Å². The fraction of sp³-hybridized carbons (Fsp3) is 0.519. The highest BCUT2D eigenvalue weighted by Crippen LogP contribution is 2.24. The predicted molar refractivity (Wildman–Crippen MR) is 135 cm³/mol. The van der Waals surface area contributed by atoms with Crippen LogP contribution < -0.4 is 4.72 Å². The van der Waals surface area contributed by atoms with Gasteiger partial charge >= 0.3 is 0 Å². The molecule has 1 N–H and O–H groups in total. The molecule has 0 aliphatic heterocycles. The van der Waals surface area contributed by atoms with Gasteiger partial charge in [0.25, 0.3) is 0 Å². The maximum absolute atomic E-state index is 12.1. The number of carbonyl (C=O) groups excluding carboxylic acids is 1. The number of hydrogen-bond donors (Lipinski definition) is 1. The van der Waals surface area contributed by atoms with Crippen LogP contribution in [-0.4, -0.2) is 15.2 Å². The van der Waals surface area contributed by atoms with Crippen molar-refractivity contribution in [3.05, 3.63) is 70.8 Å². The number of aldehydes is 1. The zero-order valence-corrected chi connectivity index (χ0v) is 21.8. The van der Waals surface area contributed by atoms with Crippen molar-refractivity contribution in [1.82, 2.24) is 4.72 Å². The van der Waals surface area contributed by atoms with Crippen LogP contribution in [0.3, 0.4) is 0 Å². The molecule has 4 heteroatoms. The van der Waals surface area contributed by atoms with Crippen molar-refractivity contribution < 1.29 is 9.00 Å². The van der Waals surface area contributed by atoms with E-state index in [9.17, 15) is 9.00 Å². The van der Waals surface area contributed by atoms with E-state index in [1.807, 2.05) is 45.0 Å². The van der Waals surface area contributed by atoms with Gasteiger partial charge in [0.2, 0.25) is 0 Å². The summed E-state index contributed by atoms with van der Waals surface area (Å²) in [4.78, 5) is 10.4. The highest BCUT2D eigenvalue weighted by Gasteiger charge is 2.22. The van der Waals surface area contributed by atoms with Gasteiger partial charge in [0.15, 0.2) is 0 Å². The highest BCUT2D eigenvalue weighted by molar-refractivity contribution is 7.84. The highest BCUT2D eigenvalue weighted by atomic mass is 32.2. The Labute approximate surface area is 192 Å². The second-order valence-corrected chi connectivity index (χ2v) is 13.1. The summed E-state index contributed by atoms with van der Waals surface area (Å²) in [5, 5.41) is 0. The summed E-state index contributed by atoms with van der Waals surface area (Å²) in [7, 11) is -1.04. The first-order chi connectivity index (χ1) is 14.1. The Hall–Kier alpha value is -1.78. The molecule has 2 atom stereocenters. The van der Waals surface area contributed by atoms with E-state index in [0.717, 1.165) is 11.8 Å². The molecule has 0 fully saturated rings. The minimum Gasteiger partial charge on any atom is -0.298 e. The number of hydrogen-bond acceptors (Lipinski definition) is 2. The fourth-order valence-corrected chi connectivity index (χ4v) is 3.55. The first-order valence-corrected chi connectivity index (χ1v) is 12.0. The van der Waals surface area contributed by atoms with Crippen molar-refractivity contribution in [2.75, 3.05) is 0 Å². The topological polar surface area (TPSA) is 46.2 Å². The van der Waals surface area contributed by atoms with Gasteiger partial charge in [0.05, 0.1) is 15.7 Å². The van der Waals surface area contributed by atoms with Crippen LogP contribution in [0, 0.1) is 0 Å². The second-order valence-electron chi connectivity index (χ2n) is 11.1. The minimum atomic E-state index is -1.04. The van der Waals surface area contributed by atoms with Crippen LogP contribution in [0.25, 0.3) is 0 Å². The standard InChI is InChI=1S/C16H27NOS.C11H14O/c1-12(17-19(18)16(5,6)7)13-8-10-14(11-9-13)15(2,3)4;1-11(2,3)10-6-4-9(8-12)5-7-10/h8-12,17H,1-7H3;4-8H,1-3H3/t12-,19+;/m0./s1. The van der Waals surface area contributed by atoms with Crippen LogP contribution in [0.15, 0.2) is 48.5 Å².